The molecule has 0 saturated carbocycles. The lowest BCUT2D eigenvalue weighted by atomic mass is 10.0. The van der Waals surface area contributed by atoms with Crippen LogP contribution in [-0.4, -0.2) is 32.0 Å². The first-order chi connectivity index (χ1) is 12.8. The molecule has 3 aromatic carbocycles. The van der Waals surface area contributed by atoms with Crippen molar-refractivity contribution in [1.29, 1.82) is 0 Å². The first kappa shape index (κ1) is 19.0. The molecule has 0 aliphatic carbocycles. The van der Waals surface area contributed by atoms with Crippen LogP contribution in [0.25, 0.3) is 10.8 Å². The number of alkyl halides is 2. The van der Waals surface area contributed by atoms with Gasteiger partial charge in [0.2, 0.25) is 9.84 Å². The summed E-state index contributed by atoms with van der Waals surface area (Å²) in [7, 11) is -3.04. The number of carbonyl (C=O) groups is 1. The van der Waals surface area contributed by atoms with E-state index in [0.717, 1.165) is 28.5 Å². The highest BCUT2D eigenvalue weighted by Gasteiger charge is 2.26. The Kier molecular flexibility index (Phi) is 5.23. The Balaban J connectivity index is 1.81. The van der Waals surface area contributed by atoms with Crippen LogP contribution in [0.4, 0.5) is 8.78 Å². The van der Waals surface area contributed by atoms with E-state index >= 15 is 0 Å². The quantitative estimate of drug-likeness (QED) is 0.660. The monoisotopic (exact) mass is 389 g/mol. The summed E-state index contributed by atoms with van der Waals surface area (Å²) in [4.78, 5) is 13.6. The summed E-state index contributed by atoms with van der Waals surface area (Å²) >= 11 is 0. The van der Waals surface area contributed by atoms with Crippen LogP contribution in [0.3, 0.4) is 0 Å². The largest absolute Gasteiger partial charge is 0.341 e. The lowest BCUT2D eigenvalue weighted by Crippen LogP contribution is -2.26. The molecule has 7 heteroatoms. The average Bonchev–Trinajstić information content (AvgIpc) is 2.67. The fourth-order valence-electron chi connectivity index (χ4n) is 2.87. The van der Waals surface area contributed by atoms with Gasteiger partial charge in [0.1, 0.15) is 0 Å². The molecule has 0 aliphatic rings. The van der Waals surface area contributed by atoms with E-state index in [1.54, 1.807) is 7.05 Å². The third kappa shape index (κ3) is 3.83. The summed E-state index contributed by atoms with van der Waals surface area (Å²) < 4.78 is 48.1. The maximum absolute atomic E-state index is 12.6. The van der Waals surface area contributed by atoms with Crippen LogP contribution >= 0.6 is 0 Å². The summed E-state index contributed by atoms with van der Waals surface area (Å²) in [6, 6.07) is 18.2. The average molecular weight is 389 g/mol. The van der Waals surface area contributed by atoms with E-state index in [1.807, 2.05) is 42.5 Å². The number of hydrogen-bond donors (Lipinski definition) is 0. The molecule has 4 nitrogen and oxygen atoms in total. The predicted molar refractivity (Wildman–Crippen MR) is 99.4 cm³/mol. The van der Waals surface area contributed by atoms with Gasteiger partial charge in [0.05, 0.1) is 4.90 Å². The van der Waals surface area contributed by atoms with Gasteiger partial charge in [0.15, 0.2) is 0 Å². The first-order valence-electron chi connectivity index (χ1n) is 8.15. The molecule has 0 aromatic heterocycles. The van der Waals surface area contributed by atoms with E-state index in [-0.39, 0.29) is 11.5 Å². The Morgan fingerprint density at radius 2 is 1.59 bits per heavy atom. The molecule has 0 bridgehead atoms. The van der Waals surface area contributed by atoms with E-state index in [2.05, 4.69) is 0 Å². The lowest BCUT2D eigenvalue weighted by Gasteiger charge is -2.19. The van der Waals surface area contributed by atoms with Crippen molar-refractivity contribution in [1.82, 2.24) is 4.90 Å². The topological polar surface area (TPSA) is 54.5 Å². The van der Waals surface area contributed by atoms with E-state index < -0.39 is 20.5 Å². The number of nitrogens with zero attached hydrogens (tertiary/aromatic N) is 1. The van der Waals surface area contributed by atoms with E-state index in [0.29, 0.717) is 6.54 Å². The second kappa shape index (κ2) is 7.44. The Hall–Kier alpha value is -2.80. The summed E-state index contributed by atoms with van der Waals surface area (Å²) in [5.41, 5.74) is 1.20. The zero-order valence-corrected chi connectivity index (χ0v) is 15.3. The fourth-order valence-corrected chi connectivity index (χ4v) is 3.59. The molecular formula is C20H17F2NO3S. The number of amides is 1. The van der Waals surface area contributed by atoms with Gasteiger partial charge in [-0.05, 0) is 40.6 Å². The molecule has 0 aliphatic heterocycles. The summed E-state index contributed by atoms with van der Waals surface area (Å²) in [6.07, 6.45) is 0. The number of fused-ring (bicyclic) bond motifs is 1. The van der Waals surface area contributed by atoms with Crippen molar-refractivity contribution < 1.29 is 22.0 Å². The molecule has 0 heterocycles. The molecule has 140 valence electrons. The highest BCUT2D eigenvalue weighted by molar-refractivity contribution is 7.91. The normalized spacial score (nSPS) is 11.7. The molecule has 0 fully saturated rings. The highest BCUT2D eigenvalue weighted by Crippen LogP contribution is 2.22. The van der Waals surface area contributed by atoms with Gasteiger partial charge in [-0.25, -0.2) is 8.42 Å². The van der Waals surface area contributed by atoms with Crippen LogP contribution < -0.4 is 0 Å². The number of sulfone groups is 1. The summed E-state index contributed by atoms with van der Waals surface area (Å²) in [5.74, 6) is -3.82. The Morgan fingerprint density at radius 1 is 0.963 bits per heavy atom. The zero-order chi connectivity index (χ0) is 19.6. The van der Waals surface area contributed by atoms with Gasteiger partial charge in [0, 0.05) is 19.2 Å². The number of hydrogen-bond acceptors (Lipinski definition) is 3. The molecule has 3 rings (SSSR count). The van der Waals surface area contributed by atoms with Crippen LogP contribution in [-0.2, 0) is 16.4 Å². The Labute approximate surface area is 156 Å². The predicted octanol–water partition coefficient (Wildman–Crippen LogP) is 4.11. The lowest BCUT2D eigenvalue weighted by molar-refractivity contribution is 0.0785. The van der Waals surface area contributed by atoms with Gasteiger partial charge in [-0.3, -0.25) is 4.79 Å². The second-order valence-electron chi connectivity index (χ2n) is 6.13. The Morgan fingerprint density at radius 3 is 2.26 bits per heavy atom. The second-order valence-corrected chi connectivity index (χ2v) is 8.05. The van der Waals surface area contributed by atoms with Gasteiger partial charge in [-0.2, -0.15) is 8.78 Å². The minimum atomic E-state index is -4.67. The molecular weight excluding hydrogens is 372 g/mol. The van der Waals surface area contributed by atoms with Crippen LogP contribution in [0.15, 0.2) is 71.6 Å². The van der Waals surface area contributed by atoms with Gasteiger partial charge in [-0.1, -0.05) is 42.5 Å². The van der Waals surface area contributed by atoms with Crippen LogP contribution in [0.2, 0.25) is 0 Å². The Bertz CT molecular complexity index is 1070. The molecule has 3 aromatic rings. The molecule has 0 spiro atoms. The summed E-state index contributed by atoms with van der Waals surface area (Å²) in [6.45, 7) is 0.358. The molecule has 0 atom stereocenters. The van der Waals surface area contributed by atoms with Crippen molar-refractivity contribution >= 4 is 26.5 Å². The standard InChI is InChI=1S/C20H17F2NO3S/c1-23(13-16-7-4-6-14-5-2-3-8-18(14)16)19(24)15-9-11-17(12-10-15)27(25,26)20(21)22/h2-12,20H,13H2,1H3. The van der Waals surface area contributed by atoms with Crippen molar-refractivity contribution in [2.45, 2.75) is 17.2 Å². The molecule has 0 N–H and O–H groups in total. The van der Waals surface area contributed by atoms with Gasteiger partial charge in [-0.15, -0.1) is 0 Å². The molecule has 0 saturated heterocycles. The SMILES string of the molecule is CN(Cc1cccc2ccccc12)C(=O)c1ccc(S(=O)(=O)C(F)F)cc1. The van der Waals surface area contributed by atoms with Crippen LogP contribution in [0.5, 0.6) is 0 Å². The minimum absolute atomic E-state index is 0.228. The number of halogens is 2. The van der Waals surface area contributed by atoms with Gasteiger partial charge < -0.3 is 4.90 Å². The molecule has 27 heavy (non-hydrogen) atoms. The number of rotatable bonds is 5. The highest BCUT2D eigenvalue weighted by atomic mass is 32.2. The van der Waals surface area contributed by atoms with E-state index in [4.69, 9.17) is 0 Å². The molecule has 0 radical (unpaired) electrons. The van der Waals surface area contributed by atoms with Crippen LogP contribution in [0, 0.1) is 0 Å². The van der Waals surface area contributed by atoms with Gasteiger partial charge >= 0.3 is 5.76 Å². The van der Waals surface area contributed by atoms with Crippen molar-refractivity contribution in [3.8, 4) is 0 Å². The van der Waals surface area contributed by atoms with Gasteiger partial charge in [0.25, 0.3) is 5.91 Å². The third-order valence-electron chi connectivity index (χ3n) is 4.30. The van der Waals surface area contributed by atoms with Crippen molar-refractivity contribution in [2.75, 3.05) is 7.05 Å². The molecule has 0 unspecified atom stereocenters. The first-order valence-corrected chi connectivity index (χ1v) is 9.69. The summed E-state index contributed by atoms with van der Waals surface area (Å²) in [5, 5.41) is 2.11. The maximum atomic E-state index is 12.6. The number of carbonyl (C=O) groups excluding carboxylic acids is 1. The van der Waals surface area contributed by atoms with Crippen LogP contribution in [0.1, 0.15) is 15.9 Å². The maximum Gasteiger partial charge on any atom is 0.341 e. The smallest absolute Gasteiger partial charge is 0.337 e. The van der Waals surface area contributed by atoms with Crippen molar-refractivity contribution in [2.24, 2.45) is 0 Å². The number of benzene rings is 3. The van der Waals surface area contributed by atoms with Crippen molar-refractivity contribution in [3.63, 3.8) is 0 Å². The molecule has 1 amide bonds. The minimum Gasteiger partial charge on any atom is -0.337 e. The van der Waals surface area contributed by atoms with E-state index in [1.165, 1.54) is 17.0 Å². The van der Waals surface area contributed by atoms with Crippen molar-refractivity contribution in [3.05, 3.63) is 77.9 Å². The fraction of sp³-hybridized carbons (Fsp3) is 0.150. The third-order valence-corrected chi connectivity index (χ3v) is 5.70. The van der Waals surface area contributed by atoms with E-state index in [9.17, 15) is 22.0 Å². The zero-order valence-electron chi connectivity index (χ0n) is 14.5.